The molecular formula is C27H27N5O6S. The van der Waals surface area contributed by atoms with Crippen LogP contribution >= 0.6 is 11.8 Å². The quantitative estimate of drug-likeness (QED) is 0.162. The van der Waals surface area contributed by atoms with Gasteiger partial charge in [0, 0.05) is 16.8 Å². The molecule has 0 saturated heterocycles. The molecule has 4 aromatic rings. The summed E-state index contributed by atoms with van der Waals surface area (Å²) in [5.41, 5.74) is 4.67. The van der Waals surface area contributed by atoms with E-state index in [1.807, 2.05) is 47.0 Å². The molecule has 1 amide bonds. The Morgan fingerprint density at radius 1 is 0.923 bits per heavy atom. The summed E-state index contributed by atoms with van der Waals surface area (Å²) in [4.78, 5) is 12.6. The molecule has 0 radical (unpaired) electrons. The number of rotatable bonds is 11. The molecule has 1 aromatic heterocycles. The lowest BCUT2D eigenvalue weighted by Crippen LogP contribution is -2.20. The van der Waals surface area contributed by atoms with Gasteiger partial charge in [-0.15, -0.1) is 10.2 Å². The molecule has 0 bridgehead atoms. The van der Waals surface area contributed by atoms with Crippen LogP contribution in [0.25, 0.3) is 17.1 Å². The van der Waals surface area contributed by atoms with Crippen LogP contribution in [0.5, 0.6) is 28.7 Å². The first-order valence-electron chi connectivity index (χ1n) is 11.6. The third-order valence-electron chi connectivity index (χ3n) is 5.53. The minimum atomic E-state index is -0.343. The second-order valence-corrected chi connectivity index (χ2v) is 8.85. The maximum Gasteiger partial charge on any atom is 0.250 e. The van der Waals surface area contributed by atoms with Crippen molar-refractivity contribution in [3.8, 4) is 45.8 Å². The first-order chi connectivity index (χ1) is 19.0. The monoisotopic (exact) mass is 549 g/mol. The average molecular weight is 550 g/mol. The van der Waals surface area contributed by atoms with Crippen LogP contribution in [0, 0.1) is 0 Å². The van der Waals surface area contributed by atoms with Crippen LogP contribution in [0.4, 0.5) is 0 Å². The maximum atomic E-state index is 12.6. The zero-order chi connectivity index (χ0) is 27.8. The summed E-state index contributed by atoms with van der Waals surface area (Å²) in [5, 5.41) is 23.3. The number of methoxy groups -OCH3 is 4. The van der Waals surface area contributed by atoms with Crippen molar-refractivity contribution in [3.05, 3.63) is 66.2 Å². The standard InChI is InChI=1S/C27H27N5O6S/c1-35-20-11-10-18(14-21(20)36-2)26-30-31-27(32(26)19-8-6-5-7-9-19)39-16-24(33)29-28-15-17-12-22(37-3)25(34)23(13-17)38-4/h5-15,34H,16H2,1-4H3,(H,29,33)/b28-15-. The van der Waals surface area contributed by atoms with Gasteiger partial charge in [-0.2, -0.15) is 5.10 Å². The summed E-state index contributed by atoms with van der Waals surface area (Å²) in [6.45, 7) is 0. The van der Waals surface area contributed by atoms with Gasteiger partial charge >= 0.3 is 0 Å². The summed E-state index contributed by atoms with van der Waals surface area (Å²) in [6.07, 6.45) is 1.43. The molecule has 0 spiro atoms. The predicted molar refractivity (Wildman–Crippen MR) is 148 cm³/mol. The Hall–Kier alpha value is -4.71. The number of para-hydroxylation sites is 1. The molecule has 0 fully saturated rings. The summed E-state index contributed by atoms with van der Waals surface area (Å²) >= 11 is 1.22. The molecule has 0 aliphatic rings. The van der Waals surface area contributed by atoms with E-state index >= 15 is 0 Å². The fourth-order valence-corrected chi connectivity index (χ4v) is 4.41. The molecule has 0 saturated carbocycles. The van der Waals surface area contributed by atoms with Crippen LogP contribution in [0.2, 0.25) is 0 Å². The van der Waals surface area contributed by atoms with Crippen molar-refractivity contribution in [1.29, 1.82) is 0 Å². The third kappa shape index (κ3) is 6.24. The molecule has 4 rings (SSSR count). The number of hydrazone groups is 1. The highest BCUT2D eigenvalue weighted by atomic mass is 32.2. The van der Waals surface area contributed by atoms with E-state index in [4.69, 9.17) is 18.9 Å². The molecule has 0 unspecified atom stereocenters. The highest BCUT2D eigenvalue weighted by Crippen LogP contribution is 2.37. The van der Waals surface area contributed by atoms with E-state index in [9.17, 15) is 9.90 Å². The number of carbonyl (C=O) groups is 1. The topological polar surface area (TPSA) is 129 Å². The summed E-state index contributed by atoms with van der Waals surface area (Å²) in [6, 6.07) is 18.2. The fourth-order valence-electron chi connectivity index (χ4n) is 3.66. The average Bonchev–Trinajstić information content (AvgIpc) is 3.40. The minimum Gasteiger partial charge on any atom is -0.502 e. The van der Waals surface area contributed by atoms with E-state index in [1.165, 1.54) is 32.2 Å². The van der Waals surface area contributed by atoms with Crippen LogP contribution in [0.1, 0.15) is 5.56 Å². The molecular weight excluding hydrogens is 522 g/mol. The van der Waals surface area contributed by atoms with E-state index in [0.29, 0.717) is 28.0 Å². The first-order valence-corrected chi connectivity index (χ1v) is 12.6. The Balaban J connectivity index is 1.52. The molecule has 2 N–H and O–H groups in total. The van der Waals surface area contributed by atoms with Gasteiger partial charge in [-0.1, -0.05) is 30.0 Å². The number of amides is 1. The number of hydrogen-bond acceptors (Lipinski definition) is 10. The zero-order valence-electron chi connectivity index (χ0n) is 21.7. The van der Waals surface area contributed by atoms with Crippen LogP contribution in [-0.2, 0) is 4.79 Å². The maximum absolute atomic E-state index is 12.6. The summed E-state index contributed by atoms with van der Waals surface area (Å²) in [5.74, 6) is 1.77. The Bertz CT molecular complexity index is 1450. The molecule has 0 atom stereocenters. The van der Waals surface area contributed by atoms with E-state index in [0.717, 1.165) is 11.3 Å². The lowest BCUT2D eigenvalue weighted by molar-refractivity contribution is -0.118. The Morgan fingerprint density at radius 3 is 2.23 bits per heavy atom. The molecule has 11 nitrogen and oxygen atoms in total. The second kappa shape index (κ2) is 12.7. The highest BCUT2D eigenvalue weighted by Gasteiger charge is 2.19. The number of phenols is 1. The van der Waals surface area contributed by atoms with Gasteiger partial charge in [-0.25, -0.2) is 5.43 Å². The number of benzene rings is 3. The summed E-state index contributed by atoms with van der Waals surface area (Å²) in [7, 11) is 6.01. The Kier molecular flexibility index (Phi) is 8.90. The number of phenolic OH excluding ortho intramolecular Hbond substituents is 1. The van der Waals surface area contributed by atoms with E-state index in [-0.39, 0.29) is 28.9 Å². The molecule has 202 valence electrons. The van der Waals surface area contributed by atoms with E-state index in [2.05, 4.69) is 20.7 Å². The molecule has 0 aliphatic heterocycles. The number of thioether (sulfide) groups is 1. The number of aromatic nitrogens is 3. The summed E-state index contributed by atoms with van der Waals surface area (Å²) < 4.78 is 22.9. The number of ether oxygens (including phenoxy) is 4. The van der Waals surface area contributed by atoms with Gasteiger partial charge < -0.3 is 24.1 Å². The SMILES string of the molecule is COc1ccc(-c2nnc(SCC(=O)N/N=C\c3cc(OC)c(O)c(OC)c3)n2-c2ccccc2)cc1OC. The van der Waals surface area contributed by atoms with Gasteiger partial charge in [0.15, 0.2) is 34.0 Å². The number of nitrogens with zero attached hydrogens (tertiary/aromatic N) is 4. The van der Waals surface area contributed by atoms with Gasteiger partial charge in [0.25, 0.3) is 5.91 Å². The van der Waals surface area contributed by atoms with Crippen LogP contribution in [0.3, 0.4) is 0 Å². The van der Waals surface area contributed by atoms with Crippen molar-refractivity contribution in [2.24, 2.45) is 5.10 Å². The minimum absolute atomic E-state index is 0.0382. The molecule has 12 heteroatoms. The van der Waals surface area contributed by atoms with Crippen LogP contribution in [0.15, 0.2) is 70.9 Å². The second-order valence-electron chi connectivity index (χ2n) is 7.90. The predicted octanol–water partition coefficient (Wildman–Crippen LogP) is 3.92. The number of carbonyl (C=O) groups excluding carboxylic acids is 1. The van der Waals surface area contributed by atoms with Crippen molar-refractivity contribution in [3.63, 3.8) is 0 Å². The van der Waals surface area contributed by atoms with Gasteiger partial charge in [-0.05, 0) is 42.5 Å². The Morgan fingerprint density at radius 2 is 1.59 bits per heavy atom. The van der Waals surface area contributed by atoms with Crippen LogP contribution < -0.4 is 24.4 Å². The van der Waals surface area contributed by atoms with Crippen molar-refractivity contribution < 1.29 is 28.8 Å². The van der Waals surface area contributed by atoms with E-state index < -0.39 is 0 Å². The zero-order valence-corrected chi connectivity index (χ0v) is 22.6. The van der Waals surface area contributed by atoms with Crippen molar-refractivity contribution >= 4 is 23.9 Å². The lowest BCUT2D eigenvalue weighted by atomic mass is 10.2. The third-order valence-corrected chi connectivity index (χ3v) is 6.46. The van der Waals surface area contributed by atoms with Gasteiger partial charge in [-0.3, -0.25) is 9.36 Å². The highest BCUT2D eigenvalue weighted by molar-refractivity contribution is 7.99. The molecule has 3 aromatic carbocycles. The van der Waals surface area contributed by atoms with Crippen molar-refractivity contribution in [2.45, 2.75) is 5.16 Å². The molecule has 1 heterocycles. The Labute approximate surface area is 229 Å². The number of aromatic hydroxyl groups is 1. The first kappa shape index (κ1) is 27.3. The number of hydrogen-bond donors (Lipinski definition) is 2. The van der Waals surface area contributed by atoms with E-state index in [1.54, 1.807) is 32.4 Å². The van der Waals surface area contributed by atoms with Gasteiger partial charge in [0.2, 0.25) is 5.75 Å². The fraction of sp³-hybridized carbons (Fsp3) is 0.185. The van der Waals surface area contributed by atoms with Gasteiger partial charge in [0.05, 0.1) is 40.4 Å². The normalized spacial score (nSPS) is 10.9. The van der Waals surface area contributed by atoms with Crippen molar-refractivity contribution in [2.75, 3.05) is 34.2 Å². The number of nitrogens with one attached hydrogen (secondary N) is 1. The molecule has 0 aliphatic carbocycles. The van der Waals surface area contributed by atoms with Crippen LogP contribution in [-0.4, -0.2) is 66.2 Å². The van der Waals surface area contributed by atoms with Gasteiger partial charge in [0.1, 0.15) is 0 Å². The molecule has 39 heavy (non-hydrogen) atoms. The largest absolute Gasteiger partial charge is 0.502 e. The van der Waals surface area contributed by atoms with Crippen molar-refractivity contribution in [1.82, 2.24) is 20.2 Å². The lowest BCUT2D eigenvalue weighted by Gasteiger charge is -2.12. The smallest absolute Gasteiger partial charge is 0.250 e.